The molecule has 0 radical (unpaired) electrons. The van der Waals surface area contributed by atoms with Crippen LogP contribution in [0.2, 0.25) is 0 Å². The van der Waals surface area contributed by atoms with Gasteiger partial charge in [-0.1, -0.05) is 26.7 Å². The van der Waals surface area contributed by atoms with E-state index in [1.165, 1.54) is 25.7 Å². The molecule has 0 aliphatic heterocycles. The zero-order valence-corrected chi connectivity index (χ0v) is 13.1. The number of hydrogen-bond donors (Lipinski definition) is 2. The molecular formula is C15H24N2O2S. The van der Waals surface area contributed by atoms with Crippen molar-refractivity contribution in [3.05, 3.63) is 24.3 Å². The van der Waals surface area contributed by atoms with Gasteiger partial charge in [-0.15, -0.1) is 0 Å². The highest BCUT2D eigenvalue weighted by Crippen LogP contribution is 2.37. The molecule has 5 heteroatoms. The van der Waals surface area contributed by atoms with E-state index in [1.807, 2.05) is 12.1 Å². The van der Waals surface area contributed by atoms with Gasteiger partial charge in [-0.2, -0.15) is 0 Å². The summed E-state index contributed by atoms with van der Waals surface area (Å²) < 4.78 is 26.2. The Morgan fingerprint density at radius 2 is 1.75 bits per heavy atom. The Bertz CT molecular complexity index is 531. The molecule has 4 nitrogen and oxygen atoms in total. The summed E-state index contributed by atoms with van der Waals surface area (Å²) in [7, 11) is -3.35. The fourth-order valence-electron chi connectivity index (χ4n) is 2.75. The van der Waals surface area contributed by atoms with E-state index in [9.17, 15) is 8.42 Å². The zero-order chi connectivity index (χ0) is 14.6. The first-order valence-corrected chi connectivity index (χ1v) is 8.77. The molecule has 0 amide bonds. The number of benzene rings is 1. The molecule has 2 rings (SSSR count). The van der Waals surface area contributed by atoms with E-state index < -0.39 is 10.0 Å². The van der Waals surface area contributed by atoms with Crippen molar-refractivity contribution in [3.63, 3.8) is 0 Å². The Hall–Kier alpha value is -1.07. The Labute approximate surface area is 122 Å². The lowest BCUT2D eigenvalue weighted by Gasteiger charge is -2.24. The summed E-state index contributed by atoms with van der Waals surface area (Å²) in [5.74, 6) is 0. The molecule has 1 aromatic carbocycles. The molecule has 0 aromatic heterocycles. The van der Waals surface area contributed by atoms with Crippen molar-refractivity contribution >= 4 is 15.7 Å². The SMILES string of the molecule is CCNS(=O)(=O)c1ccc(NCC2(C)CCCC2)cc1. The summed E-state index contributed by atoms with van der Waals surface area (Å²) >= 11 is 0. The van der Waals surface area contributed by atoms with E-state index in [-0.39, 0.29) is 0 Å². The fraction of sp³-hybridized carbons (Fsp3) is 0.600. The summed E-state index contributed by atoms with van der Waals surface area (Å²) in [6, 6.07) is 6.97. The second kappa shape index (κ2) is 6.14. The van der Waals surface area contributed by atoms with Crippen LogP contribution in [0.4, 0.5) is 5.69 Å². The first-order chi connectivity index (χ1) is 9.45. The van der Waals surface area contributed by atoms with Gasteiger partial charge in [0, 0.05) is 18.8 Å². The normalized spacial score (nSPS) is 18.1. The van der Waals surface area contributed by atoms with E-state index in [4.69, 9.17) is 0 Å². The topological polar surface area (TPSA) is 58.2 Å². The minimum Gasteiger partial charge on any atom is -0.384 e. The standard InChI is InChI=1S/C15H24N2O2S/c1-3-17-20(18,19)14-8-6-13(7-9-14)16-12-15(2)10-4-5-11-15/h6-9,16-17H,3-5,10-12H2,1-2H3. The van der Waals surface area contributed by atoms with Gasteiger partial charge in [0.15, 0.2) is 0 Å². The third-order valence-electron chi connectivity index (χ3n) is 4.03. The van der Waals surface area contributed by atoms with Crippen molar-refractivity contribution in [2.45, 2.75) is 44.4 Å². The maximum absolute atomic E-state index is 11.8. The number of anilines is 1. The van der Waals surface area contributed by atoms with E-state index in [0.717, 1.165) is 12.2 Å². The monoisotopic (exact) mass is 296 g/mol. The fourth-order valence-corrected chi connectivity index (χ4v) is 3.79. The van der Waals surface area contributed by atoms with Crippen molar-refractivity contribution < 1.29 is 8.42 Å². The third-order valence-corrected chi connectivity index (χ3v) is 5.59. The largest absolute Gasteiger partial charge is 0.384 e. The third kappa shape index (κ3) is 3.73. The van der Waals surface area contributed by atoms with Gasteiger partial charge in [-0.25, -0.2) is 13.1 Å². The highest BCUT2D eigenvalue weighted by Gasteiger charge is 2.28. The predicted octanol–water partition coefficient (Wildman–Crippen LogP) is 2.98. The minimum absolute atomic E-state index is 0.317. The molecule has 0 heterocycles. The molecule has 0 spiro atoms. The lowest BCUT2D eigenvalue weighted by atomic mass is 9.89. The molecule has 0 unspecified atom stereocenters. The quantitative estimate of drug-likeness (QED) is 0.848. The Kier molecular flexibility index (Phi) is 4.70. The lowest BCUT2D eigenvalue weighted by Crippen LogP contribution is -2.24. The van der Waals surface area contributed by atoms with Gasteiger partial charge in [0.05, 0.1) is 4.90 Å². The van der Waals surface area contributed by atoms with Gasteiger partial charge in [0.1, 0.15) is 0 Å². The molecule has 20 heavy (non-hydrogen) atoms. The first kappa shape index (κ1) is 15.3. The molecule has 2 N–H and O–H groups in total. The van der Waals surface area contributed by atoms with Crippen LogP contribution in [0, 0.1) is 5.41 Å². The molecule has 1 aromatic rings. The molecule has 0 atom stereocenters. The van der Waals surface area contributed by atoms with E-state index in [2.05, 4.69) is 17.0 Å². The van der Waals surface area contributed by atoms with Crippen LogP contribution >= 0.6 is 0 Å². The maximum Gasteiger partial charge on any atom is 0.240 e. The zero-order valence-electron chi connectivity index (χ0n) is 12.3. The van der Waals surface area contributed by atoms with Gasteiger partial charge in [0.2, 0.25) is 10.0 Å². The Morgan fingerprint density at radius 3 is 2.30 bits per heavy atom. The van der Waals surface area contributed by atoms with Gasteiger partial charge in [-0.3, -0.25) is 0 Å². The molecule has 1 fully saturated rings. The van der Waals surface area contributed by atoms with Crippen molar-refractivity contribution in [3.8, 4) is 0 Å². The van der Waals surface area contributed by atoms with Crippen LogP contribution in [-0.4, -0.2) is 21.5 Å². The van der Waals surface area contributed by atoms with Crippen LogP contribution in [0.15, 0.2) is 29.2 Å². The number of hydrogen-bond acceptors (Lipinski definition) is 3. The Balaban J connectivity index is 1.98. The summed E-state index contributed by atoms with van der Waals surface area (Å²) in [5, 5.41) is 3.42. The number of nitrogens with one attached hydrogen (secondary N) is 2. The molecular weight excluding hydrogens is 272 g/mol. The first-order valence-electron chi connectivity index (χ1n) is 7.29. The lowest BCUT2D eigenvalue weighted by molar-refractivity contribution is 0.362. The van der Waals surface area contributed by atoms with Crippen LogP contribution in [0.1, 0.15) is 39.5 Å². The average Bonchev–Trinajstić information content (AvgIpc) is 2.84. The van der Waals surface area contributed by atoms with E-state index in [0.29, 0.717) is 16.9 Å². The Morgan fingerprint density at radius 1 is 1.15 bits per heavy atom. The van der Waals surface area contributed by atoms with Crippen LogP contribution in [0.25, 0.3) is 0 Å². The predicted molar refractivity (Wildman–Crippen MR) is 82.4 cm³/mol. The summed E-state index contributed by atoms with van der Waals surface area (Å²) in [5.41, 5.74) is 1.36. The smallest absolute Gasteiger partial charge is 0.240 e. The minimum atomic E-state index is -3.35. The molecule has 1 aliphatic carbocycles. The van der Waals surface area contributed by atoms with Crippen LogP contribution in [-0.2, 0) is 10.0 Å². The van der Waals surface area contributed by atoms with Crippen LogP contribution in [0.3, 0.4) is 0 Å². The highest BCUT2D eigenvalue weighted by atomic mass is 32.2. The van der Waals surface area contributed by atoms with Gasteiger partial charge >= 0.3 is 0 Å². The summed E-state index contributed by atoms with van der Waals surface area (Å²) in [4.78, 5) is 0.317. The van der Waals surface area contributed by atoms with Crippen LogP contribution < -0.4 is 10.0 Å². The second-order valence-corrected chi connectivity index (χ2v) is 7.66. The summed E-state index contributed by atoms with van der Waals surface area (Å²) in [6.07, 6.45) is 5.18. The highest BCUT2D eigenvalue weighted by molar-refractivity contribution is 7.89. The van der Waals surface area contributed by atoms with Crippen molar-refractivity contribution in [2.24, 2.45) is 5.41 Å². The maximum atomic E-state index is 11.8. The van der Waals surface area contributed by atoms with Crippen LogP contribution in [0.5, 0.6) is 0 Å². The second-order valence-electron chi connectivity index (χ2n) is 5.90. The summed E-state index contributed by atoms with van der Waals surface area (Å²) in [6.45, 7) is 5.44. The average molecular weight is 296 g/mol. The molecule has 0 bridgehead atoms. The van der Waals surface area contributed by atoms with E-state index in [1.54, 1.807) is 19.1 Å². The van der Waals surface area contributed by atoms with Gasteiger partial charge in [-0.05, 0) is 42.5 Å². The number of sulfonamides is 1. The van der Waals surface area contributed by atoms with Gasteiger partial charge < -0.3 is 5.32 Å². The van der Waals surface area contributed by atoms with E-state index >= 15 is 0 Å². The molecule has 1 saturated carbocycles. The molecule has 1 aliphatic rings. The molecule has 0 saturated heterocycles. The van der Waals surface area contributed by atoms with Crippen molar-refractivity contribution in [2.75, 3.05) is 18.4 Å². The molecule has 112 valence electrons. The van der Waals surface area contributed by atoms with Crippen molar-refractivity contribution in [1.82, 2.24) is 4.72 Å². The van der Waals surface area contributed by atoms with Crippen molar-refractivity contribution in [1.29, 1.82) is 0 Å². The van der Waals surface area contributed by atoms with Gasteiger partial charge in [0.25, 0.3) is 0 Å². The number of rotatable bonds is 6.